The molecule has 0 aliphatic carbocycles. The predicted octanol–water partition coefficient (Wildman–Crippen LogP) is -0.745. The maximum atomic E-state index is 10.7. The van der Waals surface area contributed by atoms with E-state index in [4.69, 9.17) is 0 Å². The van der Waals surface area contributed by atoms with Crippen molar-refractivity contribution in [2.45, 2.75) is 13.3 Å². The van der Waals surface area contributed by atoms with Crippen molar-refractivity contribution in [2.24, 2.45) is 0 Å². The van der Waals surface area contributed by atoms with Crippen LogP contribution in [0, 0.1) is 0 Å². The van der Waals surface area contributed by atoms with E-state index in [1.165, 1.54) is 0 Å². The summed E-state index contributed by atoms with van der Waals surface area (Å²) in [6, 6.07) is 0. The molecule has 0 aromatic rings. The first-order chi connectivity index (χ1) is 5.70. The Morgan fingerprint density at radius 1 is 1.50 bits per heavy atom. The minimum atomic E-state index is -0.469. The summed E-state index contributed by atoms with van der Waals surface area (Å²) in [6.45, 7) is 1.26. The van der Waals surface area contributed by atoms with E-state index < -0.39 is 11.9 Å². The standard InChI is InChI=1S/C7H11NO4/c1-2-7(11)12-5-6(10)8-3-4-9/h4H,2-3,5H2,1H3,(H,8,10). The average molecular weight is 173 g/mol. The molecule has 0 aromatic heterocycles. The number of ether oxygens (including phenoxy) is 1. The first-order valence-corrected chi connectivity index (χ1v) is 3.56. The highest BCUT2D eigenvalue weighted by molar-refractivity contribution is 5.81. The monoisotopic (exact) mass is 173 g/mol. The Morgan fingerprint density at radius 3 is 2.67 bits per heavy atom. The second-order valence-electron chi connectivity index (χ2n) is 1.98. The largest absolute Gasteiger partial charge is 0.456 e. The molecule has 12 heavy (non-hydrogen) atoms. The van der Waals surface area contributed by atoms with Gasteiger partial charge in [-0.1, -0.05) is 6.92 Å². The lowest BCUT2D eigenvalue weighted by molar-refractivity contribution is -0.148. The number of aldehydes is 1. The molecule has 0 aromatic carbocycles. The number of carbonyl (C=O) groups is 3. The van der Waals surface area contributed by atoms with Gasteiger partial charge < -0.3 is 14.8 Å². The average Bonchev–Trinajstić information content (AvgIpc) is 2.10. The molecule has 0 unspecified atom stereocenters. The second-order valence-corrected chi connectivity index (χ2v) is 1.98. The fraction of sp³-hybridized carbons (Fsp3) is 0.571. The Balaban J connectivity index is 3.43. The molecular formula is C7H11NO4. The van der Waals surface area contributed by atoms with Crippen LogP contribution in [0.3, 0.4) is 0 Å². The van der Waals surface area contributed by atoms with E-state index in [0.717, 1.165) is 0 Å². The quantitative estimate of drug-likeness (QED) is 0.438. The lowest BCUT2D eigenvalue weighted by Gasteiger charge is -2.01. The maximum Gasteiger partial charge on any atom is 0.306 e. The zero-order valence-electron chi connectivity index (χ0n) is 6.83. The van der Waals surface area contributed by atoms with Gasteiger partial charge in [0, 0.05) is 6.42 Å². The summed E-state index contributed by atoms with van der Waals surface area (Å²) in [4.78, 5) is 31.0. The van der Waals surface area contributed by atoms with Crippen LogP contribution in [0.2, 0.25) is 0 Å². The molecule has 0 radical (unpaired) electrons. The van der Waals surface area contributed by atoms with Crippen molar-refractivity contribution in [3.8, 4) is 0 Å². The first kappa shape index (κ1) is 10.6. The van der Waals surface area contributed by atoms with Crippen LogP contribution in [-0.4, -0.2) is 31.3 Å². The number of carbonyl (C=O) groups excluding carboxylic acids is 3. The highest BCUT2D eigenvalue weighted by atomic mass is 16.5. The zero-order chi connectivity index (χ0) is 9.40. The van der Waals surface area contributed by atoms with Crippen molar-refractivity contribution < 1.29 is 19.1 Å². The molecule has 5 nitrogen and oxygen atoms in total. The minimum Gasteiger partial charge on any atom is -0.456 e. The van der Waals surface area contributed by atoms with E-state index in [1.807, 2.05) is 0 Å². The Labute approximate surface area is 70.1 Å². The molecule has 0 heterocycles. The van der Waals surface area contributed by atoms with E-state index >= 15 is 0 Å². The molecule has 0 saturated heterocycles. The van der Waals surface area contributed by atoms with Gasteiger partial charge in [0.1, 0.15) is 6.29 Å². The minimum absolute atomic E-state index is 0.0531. The van der Waals surface area contributed by atoms with Gasteiger partial charge in [0.2, 0.25) is 0 Å². The first-order valence-electron chi connectivity index (χ1n) is 3.56. The molecule has 0 rings (SSSR count). The van der Waals surface area contributed by atoms with Gasteiger partial charge in [-0.05, 0) is 0 Å². The predicted molar refractivity (Wildman–Crippen MR) is 40.3 cm³/mol. The lowest BCUT2D eigenvalue weighted by Crippen LogP contribution is -2.29. The molecule has 0 atom stereocenters. The summed E-state index contributed by atoms with van der Waals surface area (Å²) < 4.78 is 4.48. The molecule has 0 fully saturated rings. The zero-order valence-corrected chi connectivity index (χ0v) is 6.83. The van der Waals surface area contributed by atoms with Crippen LogP contribution in [0.15, 0.2) is 0 Å². The van der Waals surface area contributed by atoms with Crippen LogP contribution >= 0.6 is 0 Å². The molecular weight excluding hydrogens is 162 g/mol. The van der Waals surface area contributed by atoms with Crippen LogP contribution in [-0.2, 0) is 19.1 Å². The Morgan fingerprint density at radius 2 is 2.17 bits per heavy atom. The summed E-state index contributed by atoms with van der Waals surface area (Å²) in [5.74, 6) is -0.903. The summed E-state index contributed by atoms with van der Waals surface area (Å²) >= 11 is 0. The third-order valence-corrected chi connectivity index (χ3v) is 1.04. The summed E-state index contributed by atoms with van der Waals surface area (Å²) in [6.07, 6.45) is 0.792. The third kappa shape index (κ3) is 5.40. The molecule has 0 aliphatic rings. The van der Waals surface area contributed by atoms with Gasteiger partial charge in [-0.2, -0.15) is 0 Å². The fourth-order valence-electron chi connectivity index (χ4n) is 0.455. The summed E-state index contributed by atoms with van der Waals surface area (Å²) in [7, 11) is 0. The van der Waals surface area contributed by atoms with Crippen molar-refractivity contribution in [2.75, 3.05) is 13.2 Å². The summed E-state index contributed by atoms with van der Waals surface area (Å²) in [5, 5.41) is 2.23. The highest BCUT2D eigenvalue weighted by Gasteiger charge is 2.03. The molecule has 5 heteroatoms. The Bertz CT molecular complexity index is 178. The smallest absolute Gasteiger partial charge is 0.306 e. The van der Waals surface area contributed by atoms with Gasteiger partial charge in [-0.3, -0.25) is 9.59 Å². The molecule has 0 spiro atoms. The number of hydrogen-bond acceptors (Lipinski definition) is 4. The van der Waals surface area contributed by atoms with Crippen molar-refractivity contribution in [3.05, 3.63) is 0 Å². The molecule has 0 aliphatic heterocycles. The molecule has 0 bridgehead atoms. The second kappa shape index (κ2) is 6.33. The van der Waals surface area contributed by atoms with Crippen molar-refractivity contribution >= 4 is 18.2 Å². The lowest BCUT2D eigenvalue weighted by atomic mass is 10.5. The van der Waals surface area contributed by atoms with Gasteiger partial charge in [-0.25, -0.2) is 0 Å². The Kier molecular flexibility index (Phi) is 5.60. The third-order valence-electron chi connectivity index (χ3n) is 1.04. The molecule has 68 valence electrons. The van der Waals surface area contributed by atoms with Crippen LogP contribution < -0.4 is 5.32 Å². The van der Waals surface area contributed by atoms with Crippen molar-refractivity contribution in [1.82, 2.24) is 5.32 Å². The van der Waals surface area contributed by atoms with Crippen LogP contribution in [0.4, 0.5) is 0 Å². The topological polar surface area (TPSA) is 72.5 Å². The van der Waals surface area contributed by atoms with Crippen LogP contribution in [0.5, 0.6) is 0 Å². The van der Waals surface area contributed by atoms with Crippen molar-refractivity contribution in [1.29, 1.82) is 0 Å². The van der Waals surface area contributed by atoms with Crippen LogP contribution in [0.25, 0.3) is 0 Å². The Hall–Kier alpha value is -1.39. The van der Waals surface area contributed by atoms with Gasteiger partial charge in [-0.15, -0.1) is 0 Å². The SMILES string of the molecule is CCC(=O)OCC(=O)NCC=O. The van der Waals surface area contributed by atoms with Gasteiger partial charge in [0.25, 0.3) is 5.91 Å². The number of amides is 1. The van der Waals surface area contributed by atoms with E-state index in [2.05, 4.69) is 10.1 Å². The van der Waals surface area contributed by atoms with E-state index in [9.17, 15) is 14.4 Å². The molecule has 1 N–H and O–H groups in total. The summed E-state index contributed by atoms with van der Waals surface area (Å²) in [5.41, 5.74) is 0. The van der Waals surface area contributed by atoms with E-state index in [0.29, 0.717) is 6.29 Å². The number of hydrogen-bond donors (Lipinski definition) is 1. The van der Waals surface area contributed by atoms with Gasteiger partial charge in [0.05, 0.1) is 6.54 Å². The van der Waals surface area contributed by atoms with Crippen LogP contribution in [0.1, 0.15) is 13.3 Å². The van der Waals surface area contributed by atoms with Gasteiger partial charge >= 0.3 is 5.97 Å². The van der Waals surface area contributed by atoms with E-state index in [-0.39, 0.29) is 19.6 Å². The van der Waals surface area contributed by atoms with Crippen molar-refractivity contribution in [3.63, 3.8) is 0 Å². The fourth-order valence-corrected chi connectivity index (χ4v) is 0.455. The van der Waals surface area contributed by atoms with Gasteiger partial charge in [0.15, 0.2) is 6.61 Å². The van der Waals surface area contributed by atoms with E-state index in [1.54, 1.807) is 6.92 Å². The molecule has 0 saturated carbocycles. The highest BCUT2D eigenvalue weighted by Crippen LogP contribution is 1.82. The number of esters is 1. The number of nitrogens with one attached hydrogen (secondary N) is 1. The normalized spacial score (nSPS) is 8.75. The number of rotatable bonds is 5. The molecule has 1 amide bonds. The maximum absolute atomic E-state index is 10.7.